The Morgan fingerprint density at radius 3 is 2.52 bits per heavy atom. The Morgan fingerprint density at radius 1 is 1.00 bits per heavy atom. The Morgan fingerprint density at radius 2 is 1.72 bits per heavy atom. The summed E-state index contributed by atoms with van der Waals surface area (Å²) < 4.78 is 27.9. The summed E-state index contributed by atoms with van der Waals surface area (Å²) in [5, 5.41) is 4.84. The molecule has 0 unspecified atom stereocenters. The van der Waals surface area contributed by atoms with E-state index in [0.717, 1.165) is 22.0 Å². The molecule has 3 aromatic carbocycles. The fraction of sp³-hybridized carbons (Fsp3) is 0.261. The van der Waals surface area contributed by atoms with Crippen molar-refractivity contribution in [3.8, 4) is 0 Å². The van der Waals surface area contributed by atoms with Crippen molar-refractivity contribution in [2.24, 2.45) is 5.92 Å². The molecule has 29 heavy (non-hydrogen) atoms. The first-order valence-electron chi connectivity index (χ1n) is 9.80. The van der Waals surface area contributed by atoms with Crippen LogP contribution in [0.2, 0.25) is 0 Å². The number of amides is 1. The molecule has 1 N–H and O–H groups in total. The average Bonchev–Trinajstić information content (AvgIpc) is 2.75. The van der Waals surface area contributed by atoms with Gasteiger partial charge >= 0.3 is 0 Å². The maximum atomic E-state index is 13.2. The van der Waals surface area contributed by atoms with Gasteiger partial charge in [-0.1, -0.05) is 48.5 Å². The molecule has 1 atom stereocenters. The van der Waals surface area contributed by atoms with Crippen LogP contribution in [0.5, 0.6) is 0 Å². The van der Waals surface area contributed by atoms with Crippen LogP contribution in [0, 0.1) is 12.8 Å². The van der Waals surface area contributed by atoms with Gasteiger partial charge in [0.2, 0.25) is 15.9 Å². The zero-order valence-corrected chi connectivity index (χ0v) is 17.2. The van der Waals surface area contributed by atoms with E-state index in [4.69, 9.17) is 0 Å². The Balaban J connectivity index is 1.53. The van der Waals surface area contributed by atoms with Crippen molar-refractivity contribution >= 4 is 32.4 Å². The van der Waals surface area contributed by atoms with Gasteiger partial charge in [0.05, 0.1) is 10.8 Å². The molecule has 5 nitrogen and oxygen atoms in total. The van der Waals surface area contributed by atoms with Crippen molar-refractivity contribution in [3.63, 3.8) is 0 Å². The summed E-state index contributed by atoms with van der Waals surface area (Å²) in [6.45, 7) is 2.57. The van der Waals surface area contributed by atoms with Gasteiger partial charge in [0.25, 0.3) is 0 Å². The summed E-state index contributed by atoms with van der Waals surface area (Å²) in [6.07, 6.45) is 1.35. The van der Waals surface area contributed by atoms with Crippen molar-refractivity contribution < 1.29 is 13.2 Å². The first kappa shape index (κ1) is 19.6. The lowest BCUT2D eigenvalue weighted by atomic mass is 9.98. The van der Waals surface area contributed by atoms with E-state index in [-0.39, 0.29) is 23.3 Å². The molecule has 0 aromatic heterocycles. The molecule has 1 aliphatic heterocycles. The van der Waals surface area contributed by atoms with Crippen molar-refractivity contribution in [2.45, 2.75) is 24.7 Å². The maximum Gasteiger partial charge on any atom is 0.243 e. The molecule has 0 aliphatic carbocycles. The Hall–Kier alpha value is -2.70. The summed E-state index contributed by atoms with van der Waals surface area (Å²) in [6, 6.07) is 20.5. The maximum absolute atomic E-state index is 13.2. The van der Waals surface area contributed by atoms with E-state index in [0.29, 0.717) is 19.4 Å². The van der Waals surface area contributed by atoms with Crippen LogP contribution in [0.1, 0.15) is 18.4 Å². The zero-order valence-electron chi connectivity index (χ0n) is 16.3. The summed E-state index contributed by atoms with van der Waals surface area (Å²) in [5.74, 6) is -0.490. The highest BCUT2D eigenvalue weighted by Crippen LogP contribution is 2.27. The van der Waals surface area contributed by atoms with Crippen molar-refractivity contribution in [1.82, 2.24) is 4.31 Å². The number of carbonyl (C=O) groups is 1. The van der Waals surface area contributed by atoms with E-state index in [2.05, 4.69) is 5.32 Å². The van der Waals surface area contributed by atoms with Crippen molar-refractivity contribution in [1.29, 1.82) is 0 Å². The van der Waals surface area contributed by atoms with Gasteiger partial charge in [0, 0.05) is 18.8 Å². The summed E-state index contributed by atoms with van der Waals surface area (Å²) >= 11 is 0. The van der Waals surface area contributed by atoms with E-state index >= 15 is 0 Å². The molecular weight excluding hydrogens is 384 g/mol. The van der Waals surface area contributed by atoms with Gasteiger partial charge in [-0.2, -0.15) is 4.31 Å². The van der Waals surface area contributed by atoms with Crippen LogP contribution in [-0.4, -0.2) is 31.7 Å². The van der Waals surface area contributed by atoms with Crippen LogP contribution in [0.4, 0.5) is 5.69 Å². The number of fused-ring (bicyclic) bond motifs is 1. The standard InChI is InChI=1S/C23H24N2O3S/c1-17-7-2-5-11-22(17)24-23(26)20-10-6-14-25(16-20)29(27,28)21-13-12-18-8-3-4-9-19(18)15-21/h2-5,7-9,11-13,15,20H,6,10,14,16H2,1H3,(H,24,26)/t20-/m1/s1. The number of anilines is 1. The van der Waals surface area contributed by atoms with Crippen LogP contribution < -0.4 is 5.32 Å². The Kier molecular flexibility index (Phi) is 5.39. The molecule has 0 saturated carbocycles. The third kappa shape index (κ3) is 4.04. The predicted octanol–water partition coefficient (Wildman–Crippen LogP) is 4.19. The molecule has 1 heterocycles. The Labute approximate surface area is 171 Å². The lowest BCUT2D eigenvalue weighted by Gasteiger charge is -2.31. The normalized spacial score (nSPS) is 17.9. The second-order valence-electron chi connectivity index (χ2n) is 7.52. The smallest absolute Gasteiger partial charge is 0.243 e. The second kappa shape index (κ2) is 7.97. The minimum atomic E-state index is -3.65. The molecular formula is C23H24N2O3S. The first-order chi connectivity index (χ1) is 13.9. The number of hydrogen-bond donors (Lipinski definition) is 1. The van der Waals surface area contributed by atoms with Gasteiger partial charge in [-0.25, -0.2) is 8.42 Å². The third-order valence-corrected chi connectivity index (χ3v) is 7.38. The van der Waals surface area contributed by atoms with Gasteiger partial charge < -0.3 is 5.32 Å². The van der Waals surface area contributed by atoms with Crippen LogP contribution >= 0.6 is 0 Å². The largest absolute Gasteiger partial charge is 0.326 e. The number of benzene rings is 3. The molecule has 4 rings (SSSR count). The molecule has 6 heteroatoms. The lowest BCUT2D eigenvalue weighted by molar-refractivity contribution is -0.120. The summed E-state index contributed by atoms with van der Waals surface area (Å²) in [4.78, 5) is 13.0. The van der Waals surface area contributed by atoms with Crippen LogP contribution in [0.15, 0.2) is 71.6 Å². The zero-order chi connectivity index (χ0) is 20.4. The molecule has 0 spiro atoms. The molecule has 1 fully saturated rings. The van der Waals surface area contributed by atoms with Gasteiger partial charge in [-0.05, 0) is 54.3 Å². The van der Waals surface area contributed by atoms with Crippen LogP contribution in [-0.2, 0) is 14.8 Å². The van der Waals surface area contributed by atoms with Gasteiger partial charge in [0.15, 0.2) is 0 Å². The number of carbonyl (C=O) groups excluding carboxylic acids is 1. The second-order valence-corrected chi connectivity index (χ2v) is 9.45. The number of rotatable bonds is 4. The molecule has 0 bridgehead atoms. The number of para-hydroxylation sites is 1. The van der Waals surface area contributed by atoms with E-state index in [1.165, 1.54) is 4.31 Å². The SMILES string of the molecule is Cc1ccccc1NC(=O)[C@@H]1CCCN(S(=O)(=O)c2ccc3ccccc3c2)C1. The third-order valence-electron chi connectivity index (χ3n) is 5.52. The minimum Gasteiger partial charge on any atom is -0.326 e. The van der Waals surface area contributed by atoms with Crippen molar-refractivity contribution in [2.75, 3.05) is 18.4 Å². The van der Waals surface area contributed by atoms with Gasteiger partial charge in [0.1, 0.15) is 0 Å². The van der Waals surface area contributed by atoms with Crippen LogP contribution in [0.3, 0.4) is 0 Å². The van der Waals surface area contributed by atoms with Crippen molar-refractivity contribution in [3.05, 3.63) is 72.3 Å². The molecule has 1 saturated heterocycles. The highest BCUT2D eigenvalue weighted by Gasteiger charge is 2.33. The van der Waals surface area contributed by atoms with E-state index in [1.54, 1.807) is 12.1 Å². The van der Waals surface area contributed by atoms with Crippen LogP contribution in [0.25, 0.3) is 10.8 Å². The Bertz CT molecular complexity index is 1160. The lowest BCUT2D eigenvalue weighted by Crippen LogP contribution is -2.43. The molecule has 0 radical (unpaired) electrons. The van der Waals surface area contributed by atoms with E-state index in [9.17, 15) is 13.2 Å². The first-order valence-corrected chi connectivity index (χ1v) is 11.2. The monoisotopic (exact) mass is 408 g/mol. The fourth-order valence-electron chi connectivity index (χ4n) is 3.80. The average molecular weight is 409 g/mol. The number of nitrogens with one attached hydrogen (secondary N) is 1. The molecule has 1 amide bonds. The molecule has 3 aromatic rings. The fourth-order valence-corrected chi connectivity index (χ4v) is 5.36. The quantitative estimate of drug-likeness (QED) is 0.704. The topological polar surface area (TPSA) is 66.5 Å². The minimum absolute atomic E-state index is 0.127. The number of nitrogens with zero attached hydrogens (tertiary/aromatic N) is 1. The molecule has 150 valence electrons. The number of hydrogen-bond acceptors (Lipinski definition) is 3. The van der Waals surface area contributed by atoms with E-state index in [1.807, 2.05) is 61.5 Å². The number of aryl methyl sites for hydroxylation is 1. The highest BCUT2D eigenvalue weighted by molar-refractivity contribution is 7.89. The number of piperidine rings is 1. The predicted molar refractivity (Wildman–Crippen MR) is 115 cm³/mol. The summed E-state index contributed by atoms with van der Waals surface area (Å²) in [7, 11) is -3.65. The molecule has 1 aliphatic rings. The van der Waals surface area contributed by atoms with Gasteiger partial charge in [-0.15, -0.1) is 0 Å². The van der Waals surface area contributed by atoms with Gasteiger partial charge in [-0.3, -0.25) is 4.79 Å². The number of sulfonamides is 1. The van der Waals surface area contributed by atoms with E-state index < -0.39 is 10.0 Å². The summed E-state index contributed by atoms with van der Waals surface area (Å²) in [5.41, 5.74) is 1.75. The highest BCUT2D eigenvalue weighted by atomic mass is 32.2.